The van der Waals surface area contributed by atoms with Gasteiger partial charge in [-0.25, -0.2) is 12.8 Å². The number of halogens is 1. The Morgan fingerprint density at radius 1 is 1.11 bits per heavy atom. The van der Waals surface area contributed by atoms with Crippen molar-refractivity contribution < 1.29 is 12.8 Å². The van der Waals surface area contributed by atoms with E-state index in [0.29, 0.717) is 32.8 Å². The van der Waals surface area contributed by atoms with Gasteiger partial charge in [-0.05, 0) is 35.7 Å². The van der Waals surface area contributed by atoms with E-state index < -0.39 is 15.8 Å². The summed E-state index contributed by atoms with van der Waals surface area (Å²) in [5, 5.41) is 8.66. The third-order valence-corrected chi connectivity index (χ3v) is 7.15. The Kier molecular flexibility index (Phi) is 5.09. The zero-order chi connectivity index (χ0) is 18.9. The maximum absolute atomic E-state index is 13.4. The lowest BCUT2D eigenvalue weighted by molar-refractivity contribution is 0.146. The molecule has 0 atom stereocenters. The number of aromatic nitrogens is 2. The summed E-state index contributed by atoms with van der Waals surface area (Å²) in [6.07, 6.45) is 1.93. The van der Waals surface area contributed by atoms with Crippen LogP contribution in [0.15, 0.2) is 58.3 Å². The van der Waals surface area contributed by atoms with Gasteiger partial charge >= 0.3 is 0 Å². The van der Waals surface area contributed by atoms with Gasteiger partial charge in [-0.15, -0.1) is 0 Å². The molecule has 3 heterocycles. The first-order valence-electron chi connectivity index (χ1n) is 8.56. The number of piperazine rings is 1. The van der Waals surface area contributed by atoms with Crippen LogP contribution in [0.4, 0.5) is 4.39 Å². The first-order valence-corrected chi connectivity index (χ1v) is 10.9. The van der Waals surface area contributed by atoms with Crippen molar-refractivity contribution in [1.82, 2.24) is 19.0 Å². The van der Waals surface area contributed by atoms with Crippen molar-refractivity contribution in [3.63, 3.8) is 0 Å². The van der Waals surface area contributed by atoms with E-state index in [9.17, 15) is 12.8 Å². The van der Waals surface area contributed by atoms with Crippen LogP contribution in [-0.4, -0.2) is 53.6 Å². The normalized spacial score (nSPS) is 16.6. The van der Waals surface area contributed by atoms with Gasteiger partial charge in [0.25, 0.3) is 0 Å². The fraction of sp³-hybridized carbons (Fsp3) is 0.278. The minimum atomic E-state index is -3.66. The third-order valence-electron chi connectivity index (χ3n) is 4.57. The van der Waals surface area contributed by atoms with E-state index in [1.54, 1.807) is 11.3 Å². The molecule has 1 aromatic carbocycles. The van der Waals surface area contributed by atoms with Gasteiger partial charge in [-0.3, -0.25) is 9.58 Å². The SMILES string of the molecule is O=S(=O)(c1cccc(F)c1)N1CCN(Cn2ccc(-c3ccsc3)n2)CC1. The van der Waals surface area contributed by atoms with Crippen molar-refractivity contribution in [2.24, 2.45) is 0 Å². The predicted octanol–water partition coefficient (Wildman–Crippen LogP) is 2.71. The Morgan fingerprint density at radius 2 is 1.93 bits per heavy atom. The van der Waals surface area contributed by atoms with Crippen molar-refractivity contribution >= 4 is 21.4 Å². The van der Waals surface area contributed by atoms with Gasteiger partial charge in [-0.1, -0.05) is 6.07 Å². The highest BCUT2D eigenvalue weighted by Crippen LogP contribution is 2.21. The average molecular weight is 407 g/mol. The van der Waals surface area contributed by atoms with Crippen LogP contribution >= 0.6 is 11.3 Å². The molecule has 1 fully saturated rings. The van der Waals surface area contributed by atoms with E-state index in [0.717, 1.165) is 17.3 Å². The Balaban J connectivity index is 1.38. The van der Waals surface area contributed by atoms with Crippen molar-refractivity contribution in [2.45, 2.75) is 11.6 Å². The Labute approximate surface area is 161 Å². The number of benzene rings is 1. The number of hydrogen-bond acceptors (Lipinski definition) is 5. The maximum Gasteiger partial charge on any atom is 0.243 e. The van der Waals surface area contributed by atoms with Crippen molar-refractivity contribution in [2.75, 3.05) is 26.2 Å². The lowest BCUT2D eigenvalue weighted by Gasteiger charge is -2.33. The second kappa shape index (κ2) is 7.51. The van der Waals surface area contributed by atoms with E-state index in [-0.39, 0.29) is 4.90 Å². The fourth-order valence-corrected chi connectivity index (χ4v) is 5.20. The molecule has 1 aliphatic rings. The molecule has 6 nitrogen and oxygen atoms in total. The van der Waals surface area contributed by atoms with Crippen molar-refractivity contribution in [1.29, 1.82) is 0 Å². The highest BCUT2D eigenvalue weighted by Gasteiger charge is 2.28. The van der Waals surface area contributed by atoms with E-state index in [1.165, 1.54) is 22.5 Å². The van der Waals surface area contributed by atoms with Gasteiger partial charge in [0.15, 0.2) is 0 Å². The minimum absolute atomic E-state index is 0.00318. The van der Waals surface area contributed by atoms with E-state index in [4.69, 9.17) is 0 Å². The molecule has 1 aliphatic heterocycles. The largest absolute Gasteiger partial charge is 0.282 e. The standard InChI is InChI=1S/C18H19FN4O2S2/c19-16-2-1-3-17(12-16)27(24,25)23-9-7-21(8-10-23)14-22-6-4-18(20-22)15-5-11-26-13-15/h1-6,11-13H,7-10,14H2. The third kappa shape index (κ3) is 3.96. The van der Waals surface area contributed by atoms with Gasteiger partial charge in [0.2, 0.25) is 10.0 Å². The zero-order valence-corrected chi connectivity index (χ0v) is 16.2. The number of rotatable bonds is 5. The fourth-order valence-electron chi connectivity index (χ4n) is 3.10. The van der Waals surface area contributed by atoms with E-state index in [1.807, 2.05) is 28.4 Å². The summed E-state index contributed by atoms with van der Waals surface area (Å²) in [7, 11) is -3.66. The summed E-state index contributed by atoms with van der Waals surface area (Å²) in [5.74, 6) is -0.546. The molecular weight excluding hydrogens is 387 g/mol. The molecular formula is C18H19FN4O2S2. The molecule has 9 heteroatoms. The lowest BCUT2D eigenvalue weighted by Crippen LogP contribution is -2.48. The molecule has 0 N–H and O–H groups in total. The summed E-state index contributed by atoms with van der Waals surface area (Å²) in [6.45, 7) is 2.55. The zero-order valence-electron chi connectivity index (χ0n) is 14.5. The molecule has 0 saturated carbocycles. The molecule has 0 bridgehead atoms. The monoisotopic (exact) mass is 406 g/mol. The summed E-state index contributed by atoms with van der Waals surface area (Å²) >= 11 is 1.64. The molecule has 0 amide bonds. The smallest absolute Gasteiger partial charge is 0.243 e. The number of sulfonamides is 1. The van der Waals surface area contributed by atoms with Crippen LogP contribution in [0.3, 0.4) is 0 Å². The topological polar surface area (TPSA) is 58.4 Å². The molecule has 2 aromatic heterocycles. The van der Waals surface area contributed by atoms with Gasteiger partial charge in [0.05, 0.1) is 17.3 Å². The highest BCUT2D eigenvalue weighted by atomic mass is 32.2. The molecule has 0 radical (unpaired) electrons. The summed E-state index contributed by atoms with van der Waals surface area (Å²) in [5.41, 5.74) is 2.04. The highest BCUT2D eigenvalue weighted by molar-refractivity contribution is 7.89. The number of thiophene rings is 1. The summed E-state index contributed by atoms with van der Waals surface area (Å²) in [6, 6.07) is 9.17. The molecule has 0 spiro atoms. The summed E-state index contributed by atoms with van der Waals surface area (Å²) < 4.78 is 42.0. The van der Waals surface area contributed by atoms with Crippen LogP contribution in [0.2, 0.25) is 0 Å². The van der Waals surface area contributed by atoms with Crippen LogP contribution in [0, 0.1) is 5.82 Å². The second-order valence-electron chi connectivity index (χ2n) is 6.37. The Morgan fingerprint density at radius 3 is 2.63 bits per heavy atom. The molecule has 1 saturated heterocycles. The maximum atomic E-state index is 13.4. The number of hydrogen-bond donors (Lipinski definition) is 0. The quantitative estimate of drug-likeness (QED) is 0.654. The van der Waals surface area contributed by atoms with Crippen LogP contribution in [0.25, 0.3) is 11.3 Å². The van der Waals surface area contributed by atoms with Crippen LogP contribution in [-0.2, 0) is 16.7 Å². The van der Waals surface area contributed by atoms with Crippen molar-refractivity contribution in [3.8, 4) is 11.3 Å². The molecule has 4 rings (SSSR count). The molecule has 0 aliphatic carbocycles. The average Bonchev–Trinajstić information content (AvgIpc) is 3.34. The van der Waals surface area contributed by atoms with Crippen molar-refractivity contribution in [3.05, 3.63) is 59.2 Å². The second-order valence-corrected chi connectivity index (χ2v) is 9.09. The van der Waals surface area contributed by atoms with Gasteiger partial charge in [0.1, 0.15) is 5.82 Å². The molecule has 0 unspecified atom stereocenters. The minimum Gasteiger partial charge on any atom is -0.282 e. The van der Waals surface area contributed by atoms with Gasteiger partial charge in [0, 0.05) is 43.3 Å². The first kappa shape index (κ1) is 18.3. The molecule has 3 aromatic rings. The summed E-state index contributed by atoms with van der Waals surface area (Å²) in [4.78, 5) is 2.16. The van der Waals surface area contributed by atoms with Gasteiger partial charge in [-0.2, -0.15) is 20.7 Å². The van der Waals surface area contributed by atoms with Crippen LogP contribution < -0.4 is 0 Å². The number of nitrogens with zero attached hydrogens (tertiary/aromatic N) is 4. The molecule has 27 heavy (non-hydrogen) atoms. The predicted molar refractivity (Wildman–Crippen MR) is 102 cm³/mol. The Bertz CT molecular complexity index is 1010. The van der Waals surface area contributed by atoms with Crippen LogP contribution in [0.1, 0.15) is 0 Å². The van der Waals surface area contributed by atoms with E-state index in [2.05, 4.69) is 15.4 Å². The molecule has 142 valence electrons. The first-order chi connectivity index (χ1) is 13.0. The van der Waals surface area contributed by atoms with Gasteiger partial charge < -0.3 is 0 Å². The van der Waals surface area contributed by atoms with Crippen LogP contribution in [0.5, 0.6) is 0 Å². The Hall–Kier alpha value is -2.07. The lowest BCUT2D eigenvalue weighted by atomic mass is 10.2. The van der Waals surface area contributed by atoms with E-state index >= 15 is 0 Å².